The summed E-state index contributed by atoms with van der Waals surface area (Å²) in [4.78, 5) is 27.8. The molecule has 0 aliphatic carbocycles. The summed E-state index contributed by atoms with van der Waals surface area (Å²) in [5.74, 6) is -0.587. The van der Waals surface area contributed by atoms with E-state index in [0.29, 0.717) is 16.9 Å². The Hall–Kier alpha value is -2.65. The van der Waals surface area contributed by atoms with Crippen molar-refractivity contribution < 1.29 is 27.5 Å². The molecule has 6 nitrogen and oxygen atoms in total. The van der Waals surface area contributed by atoms with Crippen molar-refractivity contribution in [3.63, 3.8) is 0 Å². The Kier molecular flexibility index (Phi) is 6.98. The van der Waals surface area contributed by atoms with Crippen LogP contribution in [0.25, 0.3) is 0 Å². The molecule has 2 aromatic rings. The Morgan fingerprint density at radius 3 is 2.50 bits per heavy atom. The van der Waals surface area contributed by atoms with Crippen molar-refractivity contribution in [3.8, 4) is 0 Å². The number of rotatable bonds is 6. The summed E-state index contributed by atoms with van der Waals surface area (Å²) in [6.07, 6.45) is -4.75. The molecule has 2 amide bonds. The lowest BCUT2D eigenvalue weighted by atomic mass is 10.1. The number of carbonyl (C=O) groups excluding carboxylic acids is 2. The quantitative estimate of drug-likeness (QED) is 0.735. The third kappa shape index (κ3) is 7.16. The number of pyridine rings is 1. The smallest absolute Gasteiger partial charge is 0.322 e. The maximum absolute atomic E-state index is 12.5. The van der Waals surface area contributed by atoms with Gasteiger partial charge in [-0.15, -0.1) is 13.2 Å². The molecule has 2 rings (SSSR count). The summed E-state index contributed by atoms with van der Waals surface area (Å²) < 4.78 is 40.0. The molecule has 1 aromatic heterocycles. The highest BCUT2D eigenvalue weighted by molar-refractivity contribution is 6.31. The summed E-state index contributed by atoms with van der Waals surface area (Å²) in [5, 5.41) is 5.38. The van der Waals surface area contributed by atoms with Gasteiger partial charge in [0.15, 0.2) is 0 Å². The average molecular weight is 416 g/mol. The highest BCUT2D eigenvalue weighted by Crippen LogP contribution is 2.22. The summed E-state index contributed by atoms with van der Waals surface area (Å²) in [6.45, 7) is 2.42. The maximum atomic E-state index is 12.5. The zero-order valence-corrected chi connectivity index (χ0v) is 15.7. The second-order valence-electron chi connectivity index (χ2n) is 5.91. The van der Waals surface area contributed by atoms with Crippen LogP contribution in [0.5, 0.6) is 0 Å². The lowest BCUT2D eigenvalue weighted by Crippen LogP contribution is -2.16. The number of hydrogen-bond acceptors (Lipinski definition) is 4. The lowest BCUT2D eigenvalue weighted by molar-refractivity contribution is -0.324. The molecule has 0 spiro atoms. The van der Waals surface area contributed by atoms with E-state index in [2.05, 4.69) is 20.4 Å². The van der Waals surface area contributed by atoms with Crippen molar-refractivity contribution in [2.45, 2.75) is 26.6 Å². The van der Waals surface area contributed by atoms with Gasteiger partial charge in [0.1, 0.15) is 5.82 Å². The maximum Gasteiger partial charge on any atom is 0.522 e. The van der Waals surface area contributed by atoms with E-state index in [1.54, 1.807) is 6.92 Å². The number of alkyl halides is 3. The highest BCUT2D eigenvalue weighted by atomic mass is 35.5. The zero-order chi connectivity index (χ0) is 20.9. The van der Waals surface area contributed by atoms with E-state index in [9.17, 15) is 22.8 Å². The van der Waals surface area contributed by atoms with Crippen molar-refractivity contribution in [2.24, 2.45) is 0 Å². The number of aryl methyl sites for hydroxylation is 1. The standard InChI is InChI=1S/C18H17ClF3N3O3/c1-10-5-13(8-16(23-10)24-11(2)26)17(27)25-15-7-12(6-14(19)9-15)3-4-28-18(20,21)22/h5-9H,3-4H2,1-2H3,(H,25,27)(H,23,24,26). The normalized spacial score (nSPS) is 11.2. The summed E-state index contributed by atoms with van der Waals surface area (Å²) >= 11 is 5.98. The number of benzene rings is 1. The number of hydrogen-bond donors (Lipinski definition) is 2. The predicted molar refractivity (Wildman–Crippen MR) is 98.4 cm³/mol. The predicted octanol–water partition coefficient (Wildman–Crippen LogP) is 4.33. The SMILES string of the molecule is CC(=O)Nc1cc(C(=O)Nc2cc(Cl)cc(CCOC(F)(F)F)c2)cc(C)n1. The molecule has 0 aliphatic rings. The molecule has 150 valence electrons. The van der Waals surface area contributed by atoms with E-state index in [4.69, 9.17) is 11.6 Å². The number of carbonyl (C=O) groups is 2. The van der Waals surface area contributed by atoms with Gasteiger partial charge in [0.2, 0.25) is 5.91 Å². The van der Waals surface area contributed by atoms with E-state index >= 15 is 0 Å². The summed E-state index contributed by atoms with van der Waals surface area (Å²) in [6, 6.07) is 7.40. The van der Waals surface area contributed by atoms with Gasteiger partial charge < -0.3 is 10.6 Å². The Morgan fingerprint density at radius 2 is 1.86 bits per heavy atom. The Balaban J connectivity index is 2.13. The van der Waals surface area contributed by atoms with Gasteiger partial charge >= 0.3 is 6.36 Å². The Labute approximate surface area is 164 Å². The van der Waals surface area contributed by atoms with Gasteiger partial charge in [-0.3, -0.25) is 14.3 Å². The van der Waals surface area contributed by atoms with E-state index in [1.165, 1.54) is 37.3 Å². The minimum Gasteiger partial charge on any atom is -0.322 e. The van der Waals surface area contributed by atoms with Crippen molar-refractivity contribution >= 4 is 34.9 Å². The molecule has 2 N–H and O–H groups in total. The van der Waals surface area contributed by atoms with Crippen molar-refractivity contribution in [1.82, 2.24) is 4.98 Å². The molecule has 1 aromatic carbocycles. The minimum absolute atomic E-state index is 0.0377. The number of ether oxygens (including phenoxy) is 1. The first-order chi connectivity index (χ1) is 13.0. The lowest BCUT2D eigenvalue weighted by Gasteiger charge is -2.11. The van der Waals surface area contributed by atoms with Crippen molar-refractivity contribution in [2.75, 3.05) is 17.2 Å². The third-order valence-corrected chi connectivity index (χ3v) is 3.61. The van der Waals surface area contributed by atoms with Gasteiger partial charge in [-0.05, 0) is 49.2 Å². The fourth-order valence-electron chi connectivity index (χ4n) is 2.40. The summed E-state index contributed by atoms with van der Waals surface area (Å²) in [5.41, 5.74) is 1.55. The topological polar surface area (TPSA) is 80.3 Å². The van der Waals surface area contributed by atoms with Gasteiger partial charge in [-0.1, -0.05) is 11.6 Å². The van der Waals surface area contributed by atoms with Crippen molar-refractivity contribution in [1.29, 1.82) is 0 Å². The van der Waals surface area contributed by atoms with Crippen molar-refractivity contribution in [3.05, 3.63) is 52.2 Å². The van der Waals surface area contributed by atoms with E-state index < -0.39 is 18.9 Å². The minimum atomic E-state index is -4.71. The van der Waals surface area contributed by atoms with E-state index in [-0.39, 0.29) is 28.7 Å². The van der Waals surface area contributed by atoms with Crippen LogP contribution >= 0.6 is 11.6 Å². The van der Waals surface area contributed by atoms with Crippen LogP contribution in [0.3, 0.4) is 0 Å². The molecule has 0 fully saturated rings. The Morgan fingerprint density at radius 1 is 1.14 bits per heavy atom. The van der Waals surface area contributed by atoms with E-state index in [1.807, 2.05) is 0 Å². The largest absolute Gasteiger partial charge is 0.522 e. The molecule has 0 atom stereocenters. The zero-order valence-electron chi connectivity index (χ0n) is 15.0. The summed E-state index contributed by atoms with van der Waals surface area (Å²) in [7, 11) is 0. The molecule has 0 unspecified atom stereocenters. The van der Waals surface area contributed by atoms with Crippen LogP contribution < -0.4 is 10.6 Å². The number of aromatic nitrogens is 1. The molecule has 0 aliphatic heterocycles. The Bertz CT molecular complexity index is 888. The fraction of sp³-hybridized carbons (Fsp3) is 0.278. The number of nitrogens with zero attached hydrogens (tertiary/aromatic N) is 1. The van der Waals surface area contributed by atoms with Crippen LogP contribution in [0.1, 0.15) is 28.5 Å². The van der Waals surface area contributed by atoms with Crippen LogP contribution in [0.15, 0.2) is 30.3 Å². The third-order valence-electron chi connectivity index (χ3n) is 3.39. The molecule has 0 saturated heterocycles. The van der Waals surface area contributed by atoms with Gasteiger partial charge in [-0.25, -0.2) is 4.98 Å². The molecule has 28 heavy (non-hydrogen) atoms. The van der Waals surface area contributed by atoms with Gasteiger partial charge in [0.05, 0.1) is 6.61 Å². The van der Waals surface area contributed by atoms with Crippen LogP contribution in [-0.2, 0) is 16.0 Å². The second-order valence-corrected chi connectivity index (χ2v) is 6.35. The van der Waals surface area contributed by atoms with Crippen LogP contribution in [0.2, 0.25) is 5.02 Å². The molecular weight excluding hydrogens is 399 g/mol. The number of amides is 2. The van der Waals surface area contributed by atoms with Gasteiger partial charge in [0.25, 0.3) is 5.91 Å². The second kappa shape index (κ2) is 9.03. The molecule has 0 radical (unpaired) electrons. The van der Waals surface area contributed by atoms with Crippen LogP contribution in [0, 0.1) is 6.92 Å². The van der Waals surface area contributed by atoms with E-state index in [0.717, 1.165) is 0 Å². The first-order valence-corrected chi connectivity index (χ1v) is 8.47. The molecular formula is C18H17ClF3N3O3. The van der Waals surface area contributed by atoms with Crippen LogP contribution in [-0.4, -0.2) is 29.8 Å². The monoisotopic (exact) mass is 415 g/mol. The van der Waals surface area contributed by atoms with Gasteiger partial charge in [-0.2, -0.15) is 0 Å². The molecule has 10 heteroatoms. The van der Waals surface area contributed by atoms with Gasteiger partial charge in [0, 0.05) is 28.9 Å². The first kappa shape index (κ1) is 21.6. The highest BCUT2D eigenvalue weighted by Gasteiger charge is 2.28. The number of anilines is 2. The molecule has 0 saturated carbocycles. The first-order valence-electron chi connectivity index (χ1n) is 8.09. The number of nitrogens with one attached hydrogen (secondary N) is 2. The average Bonchev–Trinajstić information content (AvgIpc) is 2.51. The molecule has 1 heterocycles. The van der Waals surface area contributed by atoms with Crippen LogP contribution in [0.4, 0.5) is 24.7 Å². The molecule has 0 bridgehead atoms. The fourth-order valence-corrected chi connectivity index (χ4v) is 2.66. The number of halogens is 4.